The highest BCUT2D eigenvalue weighted by atomic mass is 32.2. The van der Waals surface area contributed by atoms with Crippen molar-refractivity contribution in [2.24, 2.45) is 0 Å². The molecule has 2 rings (SSSR count). The van der Waals surface area contributed by atoms with Crippen molar-refractivity contribution in [3.63, 3.8) is 0 Å². The fraction of sp³-hybridized carbons (Fsp3) is 0.600. The molecule has 0 spiro atoms. The summed E-state index contributed by atoms with van der Waals surface area (Å²) in [5.74, 6) is 0.698. The second-order valence-electron chi connectivity index (χ2n) is 5.30. The molecular formula is C15H23N3O2S. The Balaban J connectivity index is 1.76. The quantitative estimate of drug-likeness (QED) is 0.873. The van der Waals surface area contributed by atoms with Crippen LogP contribution in [0.2, 0.25) is 0 Å². The van der Waals surface area contributed by atoms with Gasteiger partial charge in [-0.1, -0.05) is 19.4 Å². The molecule has 0 saturated heterocycles. The summed E-state index contributed by atoms with van der Waals surface area (Å²) in [5, 5.41) is 6.03. The number of carbonyl (C=O) groups is 1. The zero-order valence-corrected chi connectivity index (χ0v) is 13.2. The summed E-state index contributed by atoms with van der Waals surface area (Å²) >= 11 is 0. The Labute approximate surface area is 128 Å². The fourth-order valence-electron chi connectivity index (χ4n) is 2.66. The van der Waals surface area contributed by atoms with Gasteiger partial charge in [0.2, 0.25) is 0 Å². The highest BCUT2D eigenvalue weighted by molar-refractivity contribution is 7.85. The lowest BCUT2D eigenvalue weighted by atomic mass is 9.95. The van der Waals surface area contributed by atoms with Crippen molar-refractivity contribution in [3.8, 4) is 0 Å². The first-order valence-corrected chi connectivity index (χ1v) is 8.88. The van der Waals surface area contributed by atoms with Crippen molar-refractivity contribution in [2.45, 2.75) is 50.4 Å². The second kappa shape index (κ2) is 8.12. The molecule has 3 atom stereocenters. The molecular weight excluding hydrogens is 286 g/mol. The van der Waals surface area contributed by atoms with E-state index in [1.165, 1.54) is 0 Å². The maximum atomic E-state index is 11.9. The molecule has 1 saturated carbocycles. The third-order valence-corrected chi connectivity index (χ3v) is 5.51. The van der Waals surface area contributed by atoms with Crippen LogP contribution in [0.25, 0.3) is 0 Å². The SMILES string of the molecule is CC[S@@](=O)[C@H]1CCC[C@H](NC(=O)NCc2ccccn2)C1. The molecule has 1 aliphatic carbocycles. The maximum Gasteiger partial charge on any atom is 0.315 e. The Kier molecular flexibility index (Phi) is 6.17. The van der Waals surface area contributed by atoms with Crippen LogP contribution in [0.4, 0.5) is 4.79 Å². The topological polar surface area (TPSA) is 71.1 Å². The van der Waals surface area contributed by atoms with Crippen LogP contribution < -0.4 is 10.6 Å². The molecule has 6 heteroatoms. The third kappa shape index (κ3) is 5.12. The molecule has 2 N–H and O–H groups in total. The average molecular weight is 309 g/mol. The number of hydrogen-bond acceptors (Lipinski definition) is 3. The minimum atomic E-state index is -0.764. The molecule has 116 valence electrons. The predicted octanol–water partition coefficient (Wildman–Crippen LogP) is 1.96. The first kappa shape index (κ1) is 15.9. The molecule has 0 aromatic carbocycles. The highest BCUT2D eigenvalue weighted by Crippen LogP contribution is 2.22. The summed E-state index contributed by atoms with van der Waals surface area (Å²) in [5.41, 5.74) is 0.834. The number of nitrogens with one attached hydrogen (secondary N) is 2. The predicted molar refractivity (Wildman–Crippen MR) is 84.3 cm³/mol. The number of carbonyl (C=O) groups excluding carboxylic acids is 1. The van der Waals surface area contributed by atoms with E-state index in [9.17, 15) is 9.00 Å². The van der Waals surface area contributed by atoms with E-state index < -0.39 is 10.8 Å². The van der Waals surface area contributed by atoms with Crippen LogP contribution in [-0.4, -0.2) is 32.3 Å². The molecule has 2 amide bonds. The molecule has 21 heavy (non-hydrogen) atoms. The van der Waals surface area contributed by atoms with Crippen LogP contribution in [0.15, 0.2) is 24.4 Å². The molecule has 5 nitrogen and oxygen atoms in total. The van der Waals surface area contributed by atoms with Crippen molar-refractivity contribution in [2.75, 3.05) is 5.75 Å². The minimum Gasteiger partial charge on any atom is -0.335 e. The first-order chi connectivity index (χ1) is 10.2. The fourth-order valence-corrected chi connectivity index (χ4v) is 4.01. The van der Waals surface area contributed by atoms with Crippen LogP contribution in [-0.2, 0) is 17.3 Å². The zero-order valence-electron chi connectivity index (χ0n) is 12.4. The van der Waals surface area contributed by atoms with E-state index in [0.29, 0.717) is 12.3 Å². The van der Waals surface area contributed by atoms with Gasteiger partial charge < -0.3 is 10.6 Å². The van der Waals surface area contributed by atoms with Gasteiger partial charge in [-0.3, -0.25) is 9.19 Å². The van der Waals surface area contributed by atoms with Crippen molar-refractivity contribution >= 4 is 16.8 Å². The van der Waals surface area contributed by atoms with Gasteiger partial charge in [0.25, 0.3) is 0 Å². The Bertz CT molecular complexity index is 481. The summed E-state index contributed by atoms with van der Waals surface area (Å²) in [6.07, 6.45) is 5.53. The van der Waals surface area contributed by atoms with Gasteiger partial charge in [-0.15, -0.1) is 0 Å². The van der Waals surface area contributed by atoms with E-state index in [0.717, 1.165) is 31.4 Å². The van der Waals surface area contributed by atoms with E-state index in [4.69, 9.17) is 0 Å². The van der Waals surface area contributed by atoms with E-state index >= 15 is 0 Å². The van der Waals surface area contributed by atoms with E-state index in [1.807, 2.05) is 25.1 Å². The first-order valence-electron chi connectivity index (χ1n) is 7.50. The van der Waals surface area contributed by atoms with Gasteiger partial charge >= 0.3 is 6.03 Å². The van der Waals surface area contributed by atoms with Gasteiger partial charge in [0.1, 0.15) is 0 Å². The molecule has 0 unspecified atom stereocenters. The Morgan fingerprint density at radius 2 is 2.29 bits per heavy atom. The summed E-state index contributed by atoms with van der Waals surface area (Å²) in [6.45, 7) is 2.37. The molecule has 1 aliphatic rings. The number of nitrogens with zero attached hydrogens (tertiary/aromatic N) is 1. The minimum absolute atomic E-state index is 0.128. The molecule has 1 aromatic heterocycles. The lowest BCUT2D eigenvalue weighted by Gasteiger charge is -2.29. The molecule has 0 bridgehead atoms. The lowest BCUT2D eigenvalue weighted by molar-refractivity contribution is 0.232. The number of urea groups is 1. The van der Waals surface area contributed by atoms with Crippen LogP contribution in [0, 0.1) is 0 Å². The number of aromatic nitrogens is 1. The Morgan fingerprint density at radius 1 is 1.43 bits per heavy atom. The number of amides is 2. The van der Waals surface area contributed by atoms with Crippen molar-refractivity contribution < 1.29 is 9.00 Å². The summed E-state index contributed by atoms with van der Waals surface area (Å²) in [7, 11) is -0.764. The molecule has 1 aromatic rings. The van der Waals surface area contributed by atoms with Gasteiger partial charge in [0.15, 0.2) is 0 Å². The normalized spacial score (nSPS) is 23.3. The Hall–Kier alpha value is -1.43. The monoisotopic (exact) mass is 309 g/mol. The van der Waals surface area contributed by atoms with Gasteiger partial charge in [-0.2, -0.15) is 0 Å². The molecule has 0 aliphatic heterocycles. The standard InChI is InChI=1S/C15H23N3O2S/c1-2-21(20)14-8-5-7-12(10-14)18-15(19)17-11-13-6-3-4-9-16-13/h3-4,6,9,12,14H,2,5,7-8,10-11H2,1H3,(H2,17,18,19)/t12-,14-,21+/m0/s1. The smallest absolute Gasteiger partial charge is 0.315 e. The zero-order chi connectivity index (χ0) is 15.1. The summed E-state index contributed by atoms with van der Waals surface area (Å²) in [4.78, 5) is 16.1. The van der Waals surface area contributed by atoms with Crippen molar-refractivity contribution in [1.82, 2.24) is 15.6 Å². The highest BCUT2D eigenvalue weighted by Gasteiger charge is 2.26. The number of pyridine rings is 1. The number of rotatable bonds is 5. The van der Waals surface area contributed by atoms with Crippen molar-refractivity contribution in [3.05, 3.63) is 30.1 Å². The molecule has 0 radical (unpaired) electrons. The van der Waals surface area contributed by atoms with Crippen molar-refractivity contribution in [1.29, 1.82) is 0 Å². The van der Waals surface area contributed by atoms with Gasteiger partial charge in [0.05, 0.1) is 12.2 Å². The lowest BCUT2D eigenvalue weighted by Crippen LogP contribution is -2.45. The molecule has 1 fully saturated rings. The van der Waals surface area contributed by atoms with Crippen LogP contribution in [0.5, 0.6) is 0 Å². The average Bonchev–Trinajstić information content (AvgIpc) is 2.53. The van der Waals surface area contributed by atoms with Gasteiger partial charge in [-0.05, 0) is 31.4 Å². The Morgan fingerprint density at radius 3 is 3.00 bits per heavy atom. The summed E-state index contributed by atoms with van der Waals surface area (Å²) < 4.78 is 11.9. The largest absolute Gasteiger partial charge is 0.335 e. The molecule has 1 heterocycles. The third-order valence-electron chi connectivity index (χ3n) is 3.77. The summed E-state index contributed by atoms with van der Waals surface area (Å²) in [6, 6.07) is 5.57. The van der Waals surface area contributed by atoms with Crippen LogP contribution >= 0.6 is 0 Å². The number of hydrogen-bond donors (Lipinski definition) is 2. The van der Waals surface area contributed by atoms with Gasteiger partial charge in [0, 0.05) is 34.0 Å². The van der Waals surface area contributed by atoms with Crippen LogP contribution in [0.3, 0.4) is 0 Å². The van der Waals surface area contributed by atoms with E-state index in [-0.39, 0.29) is 17.3 Å². The van der Waals surface area contributed by atoms with Crippen LogP contribution in [0.1, 0.15) is 38.3 Å². The maximum absolute atomic E-state index is 11.9. The van der Waals surface area contributed by atoms with E-state index in [1.54, 1.807) is 6.20 Å². The van der Waals surface area contributed by atoms with E-state index in [2.05, 4.69) is 15.6 Å². The second-order valence-corrected chi connectivity index (χ2v) is 7.31. The van der Waals surface area contributed by atoms with Gasteiger partial charge in [-0.25, -0.2) is 4.79 Å².